The number of rotatable bonds is 5. The number of anilines is 1. The highest BCUT2D eigenvalue weighted by molar-refractivity contribution is 7.13. The number of halogens is 1. The van der Waals surface area contributed by atoms with Crippen LogP contribution in [0.4, 0.5) is 10.1 Å². The third-order valence-electron chi connectivity index (χ3n) is 5.52. The molecule has 0 fully saturated rings. The Morgan fingerprint density at radius 3 is 2.81 bits per heavy atom. The highest BCUT2D eigenvalue weighted by Gasteiger charge is 2.18. The van der Waals surface area contributed by atoms with Gasteiger partial charge in [0.05, 0.1) is 17.8 Å². The van der Waals surface area contributed by atoms with Crippen molar-refractivity contribution in [2.24, 2.45) is 0 Å². The van der Waals surface area contributed by atoms with Gasteiger partial charge in [-0.25, -0.2) is 9.37 Å². The smallest absolute Gasteiger partial charge is 0.230 e. The minimum Gasteiger partial charge on any atom is -0.323 e. The molecule has 1 N–H and O–H groups in total. The second-order valence-corrected chi connectivity index (χ2v) is 8.69. The van der Waals surface area contributed by atoms with E-state index in [9.17, 15) is 9.18 Å². The molecule has 8 heteroatoms. The predicted octanol–water partition coefficient (Wildman–Crippen LogP) is 5.12. The van der Waals surface area contributed by atoms with E-state index in [2.05, 4.69) is 25.1 Å². The summed E-state index contributed by atoms with van der Waals surface area (Å²) in [5.74, 6) is 0.876. The van der Waals surface area contributed by atoms with Crippen molar-refractivity contribution in [3.05, 3.63) is 71.2 Å². The molecule has 162 valence electrons. The summed E-state index contributed by atoms with van der Waals surface area (Å²) in [6.07, 6.45) is 4.31. The molecule has 6 nitrogen and oxygen atoms in total. The van der Waals surface area contributed by atoms with Crippen LogP contribution >= 0.6 is 11.3 Å². The SMILES string of the molecule is O=C(Cc1csc(-c2ccccc2)n1)Nc1cc(-c2nnc3n2CCCCC3)ccc1F. The molecular weight excluding hydrogens is 425 g/mol. The number of carbonyl (C=O) groups is 1. The quantitative estimate of drug-likeness (QED) is 0.461. The van der Waals surface area contributed by atoms with Crippen molar-refractivity contribution in [2.45, 2.75) is 38.6 Å². The van der Waals surface area contributed by atoms with E-state index in [1.165, 1.54) is 17.4 Å². The molecule has 1 amide bonds. The zero-order valence-corrected chi connectivity index (χ0v) is 18.2. The Morgan fingerprint density at radius 2 is 1.94 bits per heavy atom. The monoisotopic (exact) mass is 447 g/mol. The first kappa shape index (κ1) is 20.5. The first-order valence-corrected chi connectivity index (χ1v) is 11.6. The Morgan fingerprint density at radius 1 is 1.06 bits per heavy atom. The maximum atomic E-state index is 14.5. The average molecular weight is 448 g/mol. The highest BCUT2D eigenvalue weighted by Crippen LogP contribution is 2.27. The first-order valence-electron chi connectivity index (χ1n) is 10.7. The summed E-state index contributed by atoms with van der Waals surface area (Å²) in [6, 6.07) is 14.5. The molecule has 1 aliphatic heterocycles. The lowest BCUT2D eigenvalue weighted by Gasteiger charge is -2.10. The Hall–Kier alpha value is -3.39. The van der Waals surface area contributed by atoms with Gasteiger partial charge in [0.2, 0.25) is 5.91 Å². The van der Waals surface area contributed by atoms with E-state index in [1.807, 2.05) is 35.7 Å². The molecule has 0 atom stereocenters. The van der Waals surface area contributed by atoms with Crippen molar-refractivity contribution < 1.29 is 9.18 Å². The molecule has 0 bridgehead atoms. The topological polar surface area (TPSA) is 72.7 Å². The third kappa shape index (κ3) is 4.31. The van der Waals surface area contributed by atoms with Crippen LogP contribution in [-0.4, -0.2) is 25.7 Å². The standard InChI is InChI=1S/C24H22FN5OS/c25-19-11-10-17(23-29-28-21-9-5-2-6-12-30(21)23)13-20(19)27-22(31)14-18-15-32-24(26-18)16-7-3-1-4-8-16/h1,3-4,7-8,10-11,13,15H,2,5-6,9,12,14H2,(H,27,31). The van der Waals surface area contributed by atoms with E-state index >= 15 is 0 Å². The van der Waals surface area contributed by atoms with Crippen LogP contribution in [0.5, 0.6) is 0 Å². The largest absolute Gasteiger partial charge is 0.323 e. The zero-order valence-electron chi connectivity index (χ0n) is 17.4. The maximum absolute atomic E-state index is 14.5. The zero-order chi connectivity index (χ0) is 21.9. The number of nitrogens with zero attached hydrogens (tertiary/aromatic N) is 4. The molecule has 2 aromatic carbocycles. The van der Waals surface area contributed by atoms with Crippen LogP contribution in [-0.2, 0) is 24.2 Å². The van der Waals surface area contributed by atoms with Crippen molar-refractivity contribution >= 4 is 22.9 Å². The molecule has 1 aliphatic rings. The fourth-order valence-corrected chi connectivity index (χ4v) is 4.74. The number of aryl methyl sites for hydroxylation is 1. The number of fused-ring (bicyclic) bond motifs is 1. The van der Waals surface area contributed by atoms with Gasteiger partial charge in [-0.3, -0.25) is 4.79 Å². The highest BCUT2D eigenvalue weighted by atomic mass is 32.1. The van der Waals surface area contributed by atoms with E-state index < -0.39 is 5.82 Å². The summed E-state index contributed by atoms with van der Waals surface area (Å²) >= 11 is 1.49. The Bertz CT molecular complexity index is 1250. The molecule has 0 saturated carbocycles. The molecule has 0 saturated heterocycles. The Balaban J connectivity index is 1.32. The summed E-state index contributed by atoms with van der Waals surface area (Å²) in [6.45, 7) is 0.851. The number of benzene rings is 2. The fraction of sp³-hybridized carbons (Fsp3) is 0.250. The minimum atomic E-state index is -0.485. The van der Waals surface area contributed by atoms with Crippen molar-refractivity contribution in [3.63, 3.8) is 0 Å². The maximum Gasteiger partial charge on any atom is 0.230 e. The van der Waals surface area contributed by atoms with Crippen LogP contribution in [0.2, 0.25) is 0 Å². The Kier molecular flexibility index (Phi) is 5.77. The van der Waals surface area contributed by atoms with Crippen LogP contribution in [0.25, 0.3) is 22.0 Å². The van der Waals surface area contributed by atoms with E-state index in [0.29, 0.717) is 11.5 Å². The van der Waals surface area contributed by atoms with E-state index in [0.717, 1.165) is 54.2 Å². The third-order valence-corrected chi connectivity index (χ3v) is 6.46. The van der Waals surface area contributed by atoms with Gasteiger partial charge < -0.3 is 9.88 Å². The minimum absolute atomic E-state index is 0.0767. The number of nitrogens with one attached hydrogen (secondary N) is 1. The second-order valence-electron chi connectivity index (χ2n) is 7.83. The summed E-state index contributed by atoms with van der Waals surface area (Å²) in [4.78, 5) is 17.2. The molecule has 3 heterocycles. The van der Waals surface area contributed by atoms with Crippen molar-refractivity contribution in [1.82, 2.24) is 19.7 Å². The molecule has 4 aromatic rings. The summed E-state index contributed by atoms with van der Waals surface area (Å²) in [5.41, 5.74) is 2.54. The summed E-state index contributed by atoms with van der Waals surface area (Å²) in [7, 11) is 0. The molecule has 0 radical (unpaired) electrons. The number of carbonyl (C=O) groups excluding carboxylic acids is 1. The predicted molar refractivity (Wildman–Crippen MR) is 123 cm³/mol. The molecule has 32 heavy (non-hydrogen) atoms. The average Bonchev–Trinajstić information content (AvgIpc) is 3.36. The van der Waals surface area contributed by atoms with Crippen LogP contribution in [0, 0.1) is 5.82 Å². The summed E-state index contributed by atoms with van der Waals surface area (Å²) < 4.78 is 16.6. The first-order chi connectivity index (χ1) is 15.7. The van der Waals surface area contributed by atoms with Crippen molar-refractivity contribution in [1.29, 1.82) is 0 Å². The van der Waals surface area contributed by atoms with Crippen LogP contribution in [0.3, 0.4) is 0 Å². The van der Waals surface area contributed by atoms with Gasteiger partial charge >= 0.3 is 0 Å². The molecular formula is C24H22FN5OS. The van der Waals surface area contributed by atoms with E-state index in [4.69, 9.17) is 0 Å². The molecule has 5 rings (SSSR count). The van der Waals surface area contributed by atoms with Gasteiger partial charge in [0, 0.05) is 29.5 Å². The van der Waals surface area contributed by atoms with Crippen LogP contribution in [0.15, 0.2) is 53.9 Å². The number of aromatic nitrogens is 4. The second kappa shape index (κ2) is 9.00. The lowest BCUT2D eigenvalue weighted by molar-refractivity contribution is -0.115. The van der Waals surface area contributed by atoms with Gasteiger partial charge in [-0.05, 0) is 31.0 Å². The van der Waals surface area contributed by atoms with Gasteiger partial charge in [0.15, 0.2) is 5.82 Å². The Labute approximate surface area is 189 Å². The van der Waals surface area contributed by atoms with Gasteiger partial charge in [-0.15, -0.1) is 21.5 Å². The molecule has 0 unspecified atom stereocenters. The number of amides is 1. The normalized spacial score (nSPS) is 13.4. The van der Waals surface area contributed by atoms with Crippen LogP contribution < -0.4 is 5.32 Å². The fourth-order valence-electron chi connectivity index (χ4n) is 3.92. The molecule has 2 aromatic heterocycles. The molecule has 0 aliphatic carbocycles. The lowest BCUT2D eigenvalue weighted by atomic mass is 10.1. The summed E-state index contributed by atoms with van der Waals surface area (Å²) in [5, 5.41) is 14.1. The van der Waals surface area contributed by atoms with Gasteiger partial charge in [-0.1, -0.05) is 36.8 Å². The number of hydrogen-bond acceptors (Lipinski definition) is 5. The van der Waals surface area contributed by atoms with Gasteiger partial charge in [-0.2, -0.15) is 0 Å². The van der Waals surface area contributed by atoms with Crippen molar-refractivity contribution in [2.75, 3.05) is 5.32 Å². The van der Waals surface area contributed by atoms with E-state index in [1.54, 1.807) is 12.1 Å². The molecule has 0 spiro atoms. The lowest BCUT2D eigenvalue weighted by Crippen LogP contribution is -2.15. The van der Waals surface area contributed by atoms with Crippen LogP contribution in [0.1, 0.15) is 30.8 Å². The number of hydrogen-bond donors (Lipinski definition) is 1. The van der Waals surface area contributed by atoms with E-state index in [-0.39, 0.29) is 18.0 Å². The van der Waals surface area contributed by atoms with Crippen molar-refractivity contribution in [3.8, 4) is 22.0 Å². The van der Waals surface area contributed by atoms with Gasteiger partial charge in [0.1, 0.15) is 16.6 Å². The van der Waals surface area contributed by atoms with Gasteiger partial charge in [0.25, 0.3) is 0 Å². The number of thiazole rings is 1.